The topological polar surface area (TPSA) is 46.8 Å². The number of hydrogen-bond donors (Lipinski definition) is 0. The second kappa shape index (κ2) is 4.47. The summed E-state index contributed by atoms with van der Waals surface area (Å²) in [6.45, 7) is 8.77. The molecule has 5 nitrogen and oxygen atoms in total. The van der Waals surface area contributed by atoms with E-state index >= 15 is 0 Å². The predicted molar refractivity (Wildman–Crippen MR) is 76.2 cm³/mol. The van der Waals surface area contributed by atoms with Gasteiger partial charge in [-0.1, -0.05) is 13.8 Å². The molecule has 5 heteroatoms. The molecule has 1 fully saturated rings. The Morgan fingerprint density at radius 3 is 2.53 bits per heavy atom. The van der Waals surface area contributed by atoms with Crippen LogP contribution in [0.5, 0.6) is 0 Å². The van der Waals surface area contributed by atoms with Crippen LogP contribution < -0.4 is 4.90 Å². The zero-order valence-corrected chi connectivity index (χ0v) is 12.1. The Bertz CT molecular complexity index is 593. The number of rotatable bonds is 1. The first-order valence-electron chi connectivity index (χ1n) is 6.95. The van der Waals surface area contributed by atoms with Crippen LogP contribution in [0, 0.1) is 18.8 Å². The fourth-order valence-electron chi connectivity index (χ4n) is 3.32. The maximum atomic E-state index is 4.53. The number of aromatic nitrogens is 4. The molecule has 0 radical (unpaired) electrons. The maximum Gasteiger partial charge on any atom is 0.158 e. The van der Waals surface area contributed by atoms with E-state index < -0.39 is 0 Å². The van der Waals surface area contributed by atoms with Gasteiger partial charge < -0.3 is 4.90 Å². The van der Waals surface area contributed by atoms with Gasteiger partial charge in [0.1, 0.15) is 17.4 Å². The summed E-state index contributed by atoms with van der Waals surface area (Å²) in [5, 5.41) is 4.47. The van der Waals surface area contributed by atoms with Crippen LogP contribution in [0.25, 0.3) is 11.0 Å². The zero-order chi connectivity index (χ0) is 13.6. The molecule has 19 heavy (non-hydrogen) atoms. The smallest absolute Gasteiger partial charge is 0.158 e. The van der Waals surface area contributed by atoms with Crippen molar-refractivity contribution >= 4 is 16.9 Å². The van der Waals surface area contributed by atoms with Crippen molar-refractivity contribution in [2.24, 2.45) is 18.9 Å². The van der Waals surface area contributed by atoms with Crippen molar-refractivity contribution in [1.29, 1.82) is 0 Å². The lowest BCUT2D eigenvalue weighted by Gasteiger charge is -2.35. The Kier molecular flexibility index (Phi) is 2.92. The number of piperidine rings is 1. The van der Waals surface area contributed by atoms with Crippen molar-refractivity contribution < 1.29 is 0 Å². The first kappa shape index (κ1) is 12.4. The van der Waals surface area contributed by atoms with Crippen molar-refractivity contribution in [3.8, 4) is 0 Å². The lowest BCUT2D eigenvalue weighted by Crippen LogP contribution is -2.39. The third-order valence-corrected chi connectivity index (χ3v) is 3.94. The highest BCUT2D eigenvalue weighted by Crippen LogP contribution is 2.29. The highest BCUT2D eigenvalue weighted by Gasteiger charge is 2.25. The van der Waals surface area contributed by atoms with Crippen LogP contribution in [0.4, 0.5) is 5.82 Å². The molecular weight excluding hydrogens is 238 g/mol. The van der Waals surface area contributed by atoms with Gasteiger partial charge in [-0.15, -0.1) is 0 Å². The van der Waals surface area contributed by atoms with Crippen LogP contribution >= 0.6 is 0 Å². The minimum atomic E-state index is 0.711. The molecule has 0 bridgehead atoms. The molecule has 2 aromatic heterocycles. The molecule has 0 aliphatic carbocycles. The highest BCUT2D eigenvalue weighted by molar-refractivity contribution is 5.87. The van der Waals surface area contributed by atoms with E-state index in [1.54, 1.807) is 6.33 Å². The van der Waals surface area contributed by atoms with Crippen LogP contribution in [0.3, 0.4) is 0 Å². The number of nitrogens with zero attached hydrogens (tertiary/aromatic N) is 5. The fraction of sp³-hybridized carbons (Fsp3) is 0.643. The first-order chi connectivity index (χ1) is 9.06. The fourth-order valence-corrected chi connectivity index (χ4v) is 3.32. The summed E-state index contributed by atoms with van der Waals surface area (Å²) < 4.78 is 1.91. The molecule has 0 amide bonds. The SMILES string of the molecule is Cc1nn(C)c2c(N3C[C@@H](C)C[C@H](C)C3)ncnc12. The molecule has 0 spiro atoms. The molecule has 0 saturated carbocycles. The number of aryl methyl sites for hydroxylation is 2. The van der Waals surface area contributed by atoms with Crippen LogP contribution in [0.1, 0.15) is 26.0 Å². The second-order valence-electron chi connectivity index (χ2n) is 5.95. The largest absolute Gasteiger partial charge is 0.354 e. The Morgan fingerprint density at radius 2 is 1.84 bits per heavy atom. The third kappa shape index (κ3) is 2.07. The molecular formula is C14H21N5. The lowest BCUT2D eigenvalue weighted by molar-refractivity contribution is 0.355. The van der Waals surface area contributed by atoms with E-state index in [-0.39, 0.29) is 0 Å². The highest BCUT2D eigenvalue weighted by atomic mass is 15.3. The Morgan fingerprint density at radius 1 is 1.16 bits per heavy atom. The Hall–Kier alpha value is -1.65. The average molecular weight is 259 g/mol. The van der Waals surface area contributed by atoms with Gasteiger partial charge in [0.15, 0.2) is 5.82 Å². The predicted octanol–water partition coefficient (Wildman–Crippen LogP) is 2.15. The van der Waals surface area contributed by atoms with Crippen molar-refractivity contribution in [1.82, 2.24) is 19.7 Å². The van der Waals surface area contributed by atoms with E-state index in [4.69, 9.17) is 0 Å². The summed E-state index contributed by atoms with van der Waals surface area (Å²) in [6, 6.07) is 0. The number of fused-ring (bicyclic) bond motifs is 1. The van der Waals surface area contributed by atoms with Gasteiger partial charge in [-0.3, -0.25) is 4.68 Å². The van der Waals surface area contributed by atoms with Crippen LogP contribution in [-0.4, -0.2) is 32.8 Å². The zero-order valence-electron chi connectivity index (χ0n) is 12.1. The molecule has 0 aromatic carbocycles. The van der Waals surface area contributed by atoms with Crippen LogP contribution in [-0.2, 0) is 7.05 Å². The van der Waals surface area contributed by atoms with Gasteiger partial charge in [0, 0.05) is 20.1 Å². The number of hydrogen-bond acceptors (Lipinski definition) is 4. The van der Waals surface area contributed by atoms with Crippen LogP contribution in [0.15, 0.2) is 6.33 Å². The monoisotopic (exact) mass is 259 g/mol. The summed E-state index contributed by atoms with van der Waals surface area (Å²) in [5.41, 5.74) is 3.00. The standard InChI is InChI=1S/C14H21N5/c1-9-5-10(2)7-19(6-9)14-13-12(15-8-16-14)11(3)17-18(13)4/h8-10H,5-7H2,1-4H3/t9-,10-/m0/s1. The second-order valence-corrected chi connectivity index (χ2v) is 5.95. The minimum Gasteiger partial charge on any atom is -0.354 e. The van der Waals surface area contributed by atoms with E-state index in [9.17, 15) is 0 Å². The maximum absolute atomic E-state index is 4.53. The lowest BCUT2D eigenvalue weighted by atomic mass is 9.92. The van der Waals surface area contributed by atoms with E-state index in [0.717, 1.165) is 35.6 Å². The van der Waals surface area contributed by atoms with Gasteiger partial charge >= 0.3 is 0 Å². The van der Waals surface area contributed by atoms with Gasteiger partial charge in [0.25, 0.3) is 0 Å². The van der Waals surface area contributed by atoms with E-state index in [1.165, 1.54) is 6.42 Å². The molecule has 1 aliphatic rings. The summed E-state index contributed by atoms with van der Waals surface area (Å²) in [4.78, 5) is 11.3. The Balaban J connectivity index is 2.09. The normalized spacial score (nSPS) is 24.1. The summed E-state index contributed by atoms with van der Waals surface area (Å²) in [7, 11) is 1.97. The quantitative estimate of drug-likeness (QED) is 0.787. The molecule has 3 rings (SSSR count). The van der Waals surface area contributed by atoms with Gasteiger partial charge in [0.2, 0.25) is 0 Å². The minimum absolute atomic E-state index is 0.711. The molecule has 1 aliphatic heterocycles. The molecule has 1 saturated heterocycles. The van der Waals surface area contributed by atoms with Crippen molar-refractivity contribution in [2.75, 3.05) is 18.0 Å². The van der Waals surface area contributed by atoms with Crippen molar-refractivity contribution in [2.45, 2.75) is 27.2 Å². The molecule has 2 atom stereocenters. The van der Waals surface area contributed by atoms with Gasteiger partial charge in [-0.2, -0.15) is 5.10 Å². The molecule has 3 heterocycles. The summed E-state index contributed by atoms with van der Waals surface area (Å²) in [6.07, 6.45) is 2.96. The van der Waals surface area contributed by atoms with Gasteiger partial charge in [-0.25, -0.2) is 9.97 Å². The first-order valence-corrected chi connectivity index (χ1v) is 6.95. The van der Waals surface area contributed by atoms with Gasteiger partial charge in [-0.05, 0) is 25.2 Å². The van der Waals surface area contributed by atoms with E-state index in [1.807, 2.05) is 18.7 Å². The third-order valence-electron chi connectivity index (χ3n) is 3.94. The van der Waals surface area contributed by atoms with E-state index in [0.29, 0.717) is 11.8 Å². The Labute approximate surface area is 113 Å². The molecule has 0 unspecified atom stereocenters. The van der Waals surface area contributed by atoms with Crippen molar-refractivity contribution in [3.05, 3.63) is 12.0 Å². The number of anilines is 1. The van der Waals surface area contributed by atoms with E-state index in [2.05, 4.69) is 33.8 Å². The molecule has 0 N–H and O–H groups in total. The summed E-state index contributed by atoms with van der Waals surface area (Å²) >= 11 is 0. The summed E-state index contributed by atoms with van der Waals surface area (Å²) in [5.74, 6) is 2.46. The average Bonchev–Trinajstić information content (AvgIpc) is 2.64. The molecule has 102 valence electrons. The van der Waals surface area contributed by atoms with Crippen LogP contribution in [0.2, 0.25) is 0 Å². The van der Waals surface area contributed by atoms with Gasteiger partial charge in [0.05, 0.1) is 5.69 Å². The van der Waals surface area contributed by atoms with Crippen molar-refractivity contribution in [3.63, 3.8) is 0 Å². The molecule has 2 aromatic rings.